The van der Waals surface area contributed by atoms with Crippen molar-refractivity contribution >= 4 is 5.91 Å². The third-order valence-corrected chi connectivity index (χ3v) is 1.66. The Morgan fingerprint density at radius 3 is 2.93 bits per heavy atom. The Morgan fingerprint density at radius 1 is 1.64 bits per heavy atom. The summed E-state index contributed by atoms with van der Waals surface area (Å²) in [5, 5.41) is 11.4. The van der Waals surface area contributed by atoms with Crippen molar-refractivity contribution in [3.8, 4) is 5.75 Å². The van der Waals surface area contributed by atoms with Crippen molar-refractivity contribution in [3.63, 3.8) is 0 Å². The highest BCUT2D eigenvalue weighted by atomic mass is 19.1. The molecule has 0 saturated carbocycles. The number of benzene rings is 1. The number of carbonyl (C=O) groups is 1. The number of halogens is 1. The number of nitrogens with one attached hydrogen (secondary N) is 1. The SMILES string of the molecule is C=CC(=O)NCc1ccc(O)c(F)c1. The van der Waals surface area contributed by atoms with Crippen LogP contribution < -0.4 is 5.32 Å². The summed E-state index contributed by atoms with van der Waals surface area (Å²) < 4.78 is 12.8. The van der Waals surface area contributed by atoms with E-state index in [4.69, 9.17) is 5.11 Å². The smallest absolute Gasteiger partial charge is 0.243 e. The van der Waals surface area contributed by atoms with Crippen LogP contribution in [-0.4, -0.2) is 11.0 Å². The number of hydrogen-bond donors (Lipinski definition) is 2. The summed E-state index contributed by atoms with van der Waals surface area (Å²) in [6.07, 6.45) is 1.14. The Labute approximate surface area is 80.9 Å². The molecular weight excluding hydrogens is 185 g/mol. The Hall–Kier alpha value is -1.84. The number of rotatable bonds is 3. The number of aromatic hydroxyl groups is 1. The second-order valence-electron chi connectivity index (χ2n) is 2.71. The standard InChI is InChI=1S/C10H10FNO2/c1-2-10(14)12-6-7-3-4-9(13)8(11)5-7/h2-5,13H,1,6H2,(H,12,14). The van der Waals surface area contributed by atoms with E-state index in [1.165, 1.54) is 18.2 Å². The first-order valence-electron chi connectivity index (χ1n) is 4.01. The van der Waals surface area contributed by atoms with E-state index >= 15 is 0 Å². The van der Waals surface area contributed by atoms with E-state index < -0.39 is 11.6 Å². The third kappa shape index (κ3) is 2.58. The van der Waals surface area contributed by atoms with Crippen molar-refractivity contribution in [1.29, 1.82) is 0 Å². The summed E-state index contributed by atoms with van der Waals surface area (Å²) in [5.74, 6) is -1.42. The van der Waals surface area contributed by atoms with Crippen LogP contribution in [0.4, 0.5) is 4.39 Å². The lowest BCUT2D eigenvalue weighted by Crippen LogP contribution is -2.19. The molecule has 0 spiro atoms. The highest BCUT2D eigenvalue weighted by Crippen LogP contribution is 2.15. The molecule has 0 aliphatic heterocycles. The van der Waals surface area contributed by atoms with Crippen molar-refractivity contribution in [3.05, 3.63) is 42.2 Å². The molecule has 1 rings (SSSR count). The average molecular weight is 195 g/mol. The first kappa shape index (κ1) is 10.2. The number of phenolic OH excluding ortho intramolecular Hbond substituents is 1. The van der Waals surface area contributed by atoms with Crippen LogP contribution in [0, 0.1) is 5.82 Å². The molecule has 3 nitrogen and oxygen atoms in total. The highest BCUT2D eigenvalue weighted by molar-refractivity contribution is 5.86. The first-order valence-corrected chi connectivity index (χ1v) is 4.01. The maximum atomic E-state index is 12.8. The molecule has 1 aromatic rings. The van der Waals surface area contributed by atoms with Gasteiger partial charge in [-0.1, -0.05) is 12.6 Å². The molecule has 0 fully saturated rings. The van der Waals surface area contributed by atoms with Crippen LogP contribution in [0.2, 0.25) is 0 Å². The van der Waals surface area contributed by atoms with E-state index in [1.54, 1.807) is 0 Å². The van der Waals surface area contributed by atoms with Crippen molar-refractivity contribution in [2.45, 2.75) is 6.54 Å². The number of phenols is 1. The predicted octanol–water partition coefficient (Wildman–Crippen LogP) is 1.33. The quantitative estimate of drug-likeness (QED) is 0.715. The van der Waals surface area contributed by atoms with Gasteiger partial charge in [0.05, 0.1) is 0 Å². The molecule has 74 valence electrons. The lowest BCUT2D eigenvalue weighted by molar-refractivity contribution is -0.116. The Kier molecular flexibility index (Phi) is 3.23. The summed E-state index contributed by atoms with van der Waals surface area (Å²) in [6.45, 7) is 3.49. The maximum absolute atomic E-state index is 12.8. The zero-order valence-corrected chi connectivity index (χ0v) is 7.46. The summed E-state index contributed by atoms with van der Waals surface area (Å²) in [5.41, 5.74) is 0.579. The van der Waals surface area contributed by atoms with Gasteiger partial charge in [-0.25, -0.2) is 4.39 Å². The first-order chi connectivity index (χ1) is 6.63. The fourth-order valence-electron chi connectivity index (χ4n) is 0.922. The van der Waals surface area contributed by atoms with E-state index in [0.717, 1.165) is 6.08 Å². The lowest BCUT2D eigenvalue weighted by Gasteiger charge is -2.03. The molecule has 0 saturated heterocycles. The molecule has 0 aliphatic carbocycles. The highest BCUT2D eigenvalue weighted by Gasteiger charge is 2.01. The van der Waals surface area contributed by atoms with Gasteiger partial charge in [0.2, 0.25) is 5.91 Å². The normalized spacial score (nSPS) is 9.50. The minimum Gasteiger partial charge on any atom is -0.505 e. The molecule has 0 heterocycles. The summed E-state index contributed by atoms with van der Waals surface area (Å²) in [7, 11) is 0. The van der Waals surface area contributed by atoms with Gasteiger partial charge in [-0.3, -0.25) is 4.79 Å². The van der Waals surface area contributed by atoms with E-state index in [1.807, 2.05) is 0 Å². The maximum Gasteiger partial charge on any atom is 0.243 e. The van der Waals surface area contributed by atoms with Gasteiger partial charge in [0, 0.05) is 6.54 Å². The molecule has 0 radical (unpaired) electrons. The van der Waals surface area contributed by atoms with E-state index in [2.05, 4.69) is 11.9 Å². The molecule has 1 amide bonds. The molecule has 4 heteroatoms. The fraction of sp³-hybridized carbons (Fsp3) is 0.100. The Balaban J connectivity index is 2.64. The minimum atomic E-state index is -0.699. The minimum absolute atomic E-state index is 0.210. The van der Waals surface area contributed by atoms with Gasteiger partial charge in [0.15, 0.2) is 11.6 Å². The second kappa shape index (κ2) is 4.41. The lowest BCUT2D eigenvalue weighted by atomic mass is 10.2. The van der Waals surface area contributed by atoms with Gasteiger partial charge in [-0.05, 0) is 23.8 Å². The third-order valence-electron chi connectivity index (χ3n) is 1.66. The fourth-order valence-corrected chi connectivity index (χ4v) is 0.922. The van der Waals surface area contributed by atoms with Gasteiger partial charge in [-0.15, -0.1) is 0 Å². The molecule has 2 N–H and O–H groups in total. The molecule has 0 unspecified atom stereocenters. The van der Waals surface area contributed by atoms with Gasteiger partial charge in [0.1, 0.15) is 0 Å². The van der Waals surface area contributed by atoms with Gasteiger partial charge in [-0.2, -0.15) is 0 Å². The number of carbonyl (C=O) groups excluding carboxylic acids is 1. The number of hydrogen-bond acceptors (Lipinski definition) is 2. The second-order valence-corrected chi connectivity index (χ2v) is 2.71. The van der Waals surface area contributed by atoms with Crippen molar-refractivity contribution in [2.75, 3.05) is 0 Å². The summed E-state index contributed by atoms with van der Waals surface area (Å²) in [6, 6.07) is 3.94. The molecule has 0 aliphatic rings. The molecular formula is C10H10FNO2. The van der Waals surface area contributed by atoms with Crippen molar-refractivity contribution in [2.24, 2.45) is 0 Å². The largest absolute Gasteiger partial charge is 0.505 e. The van der Waals surface area contributed by atoms with Gasteiger partial charge in [0.25, 0.3) is 0 Å². The van der Waals surface area contributed by atoms with Crippen LogP contribution in [0.3, 0.4) is 0 Å². The zero-order chi connectivity index (χ0) is 10.6. The average Bonchev–Trinajstić information content (AvgIpc) is 2.19. The topological polar surface area (TPSA) is 49.3 Å². The van der Waals surface area contributed by atoms with Crippen LogP contribution in [0.25, 0.3) is 0 Å². The van der Waals surface area contributed by atoms with Crippen LogP contribution >= 0.6 is 0 Å². The summed E-state index contributed by atoms with van der Waals surface area (Å²) >= 11 is 0. The van der Waals surface area contributed by atoms with Crippen LogP contribution in [0.5, 0.6) is 5.75 Å². The van der Waals surface area contributed by atoms with E-state index in [9.17, 15) is 9.18 Å². The van der Waals surface area contributed by atoms with Crippen LogP contribution in [0.1, 0.15) is 5.56 Å². The van der Waals surface area contributed by atoms with Crippen molar-refractivity contribution < 1.29 is 14.3 Å². The van der Waals surface area contributed by atoms with Crippen LogP contribution in [-0.2, 0) is 11.3 Å². The zero-order valence-electron chi connectivity index (χ0n) is 7.46. The predicted molar refractivity (Wildman–Crippen MR) is 50.1 cm³/mol. The van der Waals surface area contributed by atoms with Crippen molar-refractivity contribution in [1.82, 2.24) is 5.32 Å². The summed E-state index contributed by atoms with van der Waals surface area (Å²) in [4.78, 5) is 10.8. The molecule has 1 aromatic carbocycles. The molecule has 0 bridgehead atoms. The Morgan fingerprint density at radius 2 is 2.36 bits per heavy atom. The molecule has 0 aromatic heterocycles. The number of amides is 1. The Bertz CT molecular complexity index is 363. The molecule has 14 heavy (non-hydrogen) atoms. The van der Waals surface area contributed by atoms with Crippen LogP contribution in [0.15, 0.2) is 30.9 Å². The van der Waals surface area contributed by atoms with Gasteiger partial charge >= 0.3 is 0 Å². The molecule has 0 atom stereocenters. The van der Waals surface area contributed by atoms with E-state index in [-0.39, 0.29) is 12.5 Å². The van der Waals surface area contributed by atoms with Gasteiger partial charge < -0.3 is 10.4 Å². The van der Waals surface area contributed by atoms with E-state index in [0.29, 0.717) is 5.56 Å². The monoisotopic (exact) mass is 195 g/mol.